The molecule has 2 amide bonds. The Hall–Kier alpha value is -3.06. The largest absolute Gasteiger partial charge is 0.493 e. The van der Waals surface area contributed by atoms with Crippen LogP contribution in [0.4, 0.5) is 0 Å². The van der Waals surface area contributed by atoms with Crippen molar-refractivity contribution in [1.29, 1.82) is 0 Å². The normalized spacial score (nSPS) is 10.5. The Balaban J connectivity index is 1.99. The van der Waals surface area contributed by atoms with Crippen molar-refractivity contribution in [2.45, 2.75) is 6.92 Å². The number of rotatable bonds is 8. The van der Waals surface area contributed by atoms with Gasteiger partial charge in [0.2, 0.25) is 0 Å². The maximum Gasteiger partial charge on any atom is 0.271 e. The fourth-order valence-corrected chi connectivity index (χ4v) is 2.33. The molecule has 0 aliphatic rings. The zero-order chi connectivity index (χ0) is 19.6. The highest BCUT2D eigenvalue weighted by Gasteiger charge is 2.08. The highest BCUT2D eigenvalue weighted by Crippen LogP contribution is 2.27. The van der Waals surface area contributed by atoms with E-state index in [-0.39, 0.29) is 18.4 Å². The van der Waals surface area contributed by atoms with E-state index < -0.39 is 0 Å². The molecule has 2 N–H and O–H groups in total. The Kier molecular flexibility index (Phi) is 7.63. The molecule has 142 valence electrons. The number of carbonyl (C=O) groups excluding carboxylic acids is 2. The Labute approximate surface area is 162 Å². The van der Waals surface area contributed by atoms with E-state index in [1.54, 1.807) is 42.5 Å². The minimum absolute atomic E-state index is 0.104. The highest BCUT2D eigenvalue weighted by molar-refractivity contribution is 6.30. The summed E-state index contributed by atoms with van der Waals surface area (Å²) in [6.45, 7) is 2.26. The van der Waals surface area contributed by atoms with Crippen LogP contribution < -0.4 is 20.2 Å². The Bertz CT molecular complexity index is 839. The fourth-order valence-electron chi connectivity index (χ4n) is 2.13. The molecule has 0 spiro atoms. The number of hydrogen-bond acceptors (Lipinski definition) is 5. The third kappa shape index (κ3) is 6.31. The van der Waals surface area contributed by atoms with E-state index in [2.05, 4.69) is 15.8 Å². The van der Waals surface area contributed by atoms with Crippen molar-refractivity contribution in [3.8, 4) is 11.5 Å². The number of benzene rings is 2. The molecule has 7 nitrogen and oxygen atoms in total. The van der Waals surface area contributed by atoms with E-state index in [0.29, 0.717) is 34.2 Å². The average molecular weight is 390 g/mol. The van der Waals surface area contributed by atoms with E-state index in [0.717, 1.165) is 0 Å². The van der Waals surface area contributed by atoms with Crippen molar-refractivity contribution < 1.29 is 19.1 Å². The van der Waals surface area contributed by atoms with E-state index >= 15 is 0 Å². The molecule has 27 heavy (non-hydrogen) atoms. The molecular weight excluding hydrogens is 370 g/mol. The minimum atomic E-state index is -0.373. The number of methoxy groups -OCH3 is 1. The smallest absolute Gasteiger partial charge is 0.271 e. The molecule has 0 heterocycles. The van der Waals surface area contributed by atoms with Gasteiger partial charge in [-0.15, -0.1) is 0 Å². The predicted octanol–water partition coefficient (Wildman–Crippen LogP) is 2.63. The van der Waals surface area contributed by atoms with Gasteiger partial charge in [0.1, 0.15) is 0 Å². The molecule has 0 bridgehead atoms. The zero-order valence-electron chi connectivity index (χ0n) is 15.0. The van der Waals surface area contributed by atoms with Gasteiger partial charge < -0.3 is 14.8 Å². The van der Waals surface area contributed by atoms with Crippen molar-refractivity contribution in [2.75, 3.05) is 20.3 Å². The van der Waals surface area contributed by atoms with Crippen LogP contribution >= 0.6 is 11.6 Å². The van der Waals surface area contributed by atoms with Gasteiger partial charge in [-0.05, 0) is 48.9 Å². The van der Waals surface area contributed by atoms with Crippen molar-refractivity contribution in [2.24, 2.45) is 5.10 Å². The summed E-state index contributed by atoms with van der Waals surface area (Å²) in [6.07, 6.45) is 1.47. The molecule has 8 heteroatoms. The van der Waals surface area contributed by atoms with Crippen LogP contribution in [0.15, 0.2) is 47.6 Å². The third-order valence-electron chi connectivity index (χ3n) is 3.39. The summed E-state index contributed by atoms with van der Waals surface area (Å²) in [6, 6.07) is 11.6. The van der Waals surface area contributed by atoms with Crippen LogP contribution in [-0.2, 0) is 4.79 Å². The Morgan fingerprint density at radius 1 is 1.19 bits per heavy atom. The lowest BCUT2D eigenvalue weighted by Gasteiger charge is -2.11. The summed E-state index contributed by atoms with van der Waals surface area (Å²) in [5.74, 6) is 0.296. The van der Waals surface area contributed by atoms with E-state index in [1.165, 1.54) is 13.3 Å². The summed E-state index contributed by atoms with van der Waals surface area (Å²) in [5, 5.41) is 7.04. The van der Waals surface area contributed by atoms with Crippen molar-refractivity contribution in [1.82, 2.24) is 10.7 Å². The molecular formula is C19H20ClN3O4. The fraction of sp³-hybridized carbons (Fsp3) is 0.211. The summed E-state index contributed by atoms with van der Waals surface area (Å²) < 4.78 is 10.7. The first-order chi connectivity index (χ1) is 13.0. The molecule has 0 saturated carbocycles. The number of hydrogen-bond donors (Lipinski definition) is 2. The average Bonchev–Trinajstić information content (AvgIpc) is 2.67. The lowest BCUT2D eigenvalue weighted by Crippen LogP contribution is -2.28. The van der Waals surface area contributed by atoms with Crippen molar-refractivity contribution >= 4 is 29.6 Å². The first kappa shape index (κ1) is 20.3. The second-order valence-corrected chi connectivity index (χ2v) is 5.80. The number of nitrogens with zero attached hydrogens (tertiary/aromatic N) is 1. The van der Waals surface area contributed by atoms with Crippen LogP contribution in [0.1, 0.15) is 22.8 Å². The van der Waals surface area contributed by atoms with Gasteiger partial charge in [0.15, 0.2) is 18.1 Å². The second kappa shape index (κ2) is 10.2. The Morgan fingerprint density at radius 2 is 2.00 bits per heavy atom. The van der Waals surface area contributed by atoms with E-state index in [9.17, 15) is 9.59 Å². The molecule has 0 fully saturated rings. The van der Waals surface area contributed by atoms with Gasteiger partial charge in [0.25, 0.3) is 11.8 Å². The van der Waals surface area contributed by atoms with Crippen molar-refractivity contribution in [3.05, 3.63) is 58.6 Å². The standard InChI is InChI=1S/C19H20ClN3O4/c1-3-21-18(24)12-27-16-8-7-13(9-17(16)26-2)11-22-23-19(25)14-5-4-6-15(20)10-14/h4-11H,3,12H2,1-2H3,(H,21,24)(H,23,25)/b22-11-. The number of ether oxygens (including phenoxy) is 2. The second-order valence-electron chi connectivity index (χ2n) is 5.36. The number of nitrogens with one attached hydrogen (secondary N) is 2. The molecule has 0 saturated heterocycles. The molecule has 2 aromatic rings. The number of amides is 2. The van der Waals surface area contributed by atoms with Crippen molar-refractivity contribution in [3.63, 3.8) is 0 Å². The van der Waals surface area contributed by atoms with Crippen LogP contribution in [0.5, 0.6) is 11.5 Å². The number of likely N-dealkylation sites (N-methyl/N-ethyl adjacent to an activating group) is 1. The summed E-state index contributed by atoms with van der Waals surface area (Å²) in [4.78, 5) is 23.5. The molecule has 2 aromatic carbocycles. The van der Waals surface area contributed by atoms with E-state index in [1.807, 2.05) is 6.92 Å². The molecule has 0 aliphatic heterocycles. The van der Waals surface area contributed by atoms with Gasteiger partial charge in [0, 0.05) is 17.1 Å². The first-order valence-electron chi connectivity index (χ1n) is 8.20. The SMILES string of the molecule is CCNC(=O)COc1ccc(/C=N\NC(=O)c2cccc(Cl)c2)cc1OC. The van der Waals surface area contributed by atoms with Crippen LogP contribution in [0.25, 0.3) is 0 Å². The molecule has 0 radical (unpaired) electrons. The molecule has 0 aliphatic carbocycles. The maximum absolute atomic E-state index is 12.0. The number of carbonyl (C=O) groups is 2. The van der Waals surface area contributed by atoms with Crippen LogP contribution in [0.2, 0.25) is 5.02 Å². The summed E-state index contributed by atoms with van der Waals surface area (Å²) in [5.41, 5.74) is 3.52. The van der Waals surface area contributed by atoms with Crippen LogP contribution in [0.3, 0.4) is 0 Å². The lowest BCUT2D eigenvalue weighted by atomic mass is 10.2. The van der Waals surface area contributed by atoms with Gasteiger partial charge in [-0.25, -0.2) is 5.43 Å². The van der Waals surface area contributed by atoms with Crippen LogP contribution in [-0.4, -0.2) is 38.3 Å². The van der Waals surface area contributed by atoms with E-state index in [4.69, 9.17) is 21.1 Å². The number of halogens is 1. The quantitative estimate of drug-likeness (QED) is 0.536. The first-order valence-corrected chi connectivity index (χ1v) is 8.57. The molecule has 2 rings (SSSR count). The van der Waals surface area contributed by atoms with Gasteiger partial charge in [-0.2, -0.15) is 5.10 Å². The summed E-state index contributed by atoms with van der Waals surface area (Å²) in [7, 11) is 1.50. The van der Waals surface area contributed by atoms with Gasteiger partial charge in [0.05, 0.1) is 13.3 Å². The molecule has 0 unspecified atom stereocenters. The van der Waals surface area contributed by atoms with Gasteiger partial charge in [-0.1, -0.05) is 17.7 Å². The zero-order valence-corrected chi connectivity index (χ0v) is 15.7. The predicted molar refractivity (Wildman–Crippen MR) is 104 cm³/mol. The highest BCUT2D eigenvalue weighted by atomic mass is 35.5. The minimum Gasteiger partial charge on any atom is -0.493 e. The Morgan fingerprint density at radius 3 is 2.70 bits per heavy atom. The summed E-state index contributed by atoms with van der Waals surface area (Å²) >= 11 is 5.86. The molecule has 0 aromatic heterocycles. The van der Waals surface area contributed by atoms with Gasteiger partial charge >= 0.3 is 0 Å². The number of hydrazone groups is 1. The third-order valence-corrected chi connectivity index (χ3v) is 3.62. The topological polar surface area (TPSA) is 89.0 Å². The lowest BCUT2D eigenvalue weighted by molar-refractivity contribution is -0.123. The van der Waals surface area contributed by atoms with Gasteiger partial charge in [-0.3, -0.25) is 9.59 Å². The van der Waals surface area contributed by atoms with Crippen LogP contribution in [0, 0.1) is 0 Å². The monoisotopic (exact) mass is 389 g/mol. The maximum atomic E-state index is 12.0. The molecule has 0 atom stereocenters.